The molecule has 21 heavy (non-hydrogen) atoms. The average molecular weight is 286 g/mol. The second-order valence-electron chi connectivity index (χ2n) is 5.04. The molecule has 0 saturated carbocycles. The van der Waals surface area contributed by atoms with E-state index >= 15 is 0 Å². The van der Waals surface area contributed by atoms with E-state index in [9.17, 15) is 5.11 Å². The highest BCUT2D eigenvalue weighted by molar-refractivity contribution is 5.44. The largest absolute Gasteiger partial charge is 0.497 e. The standard InChI is InChI=1S/C17H18O4/c1-19-12-5-3-4-11(8-12)16-10-15(18)14-7-6-13(20-2)9-17(14)21-16/h3-9,15-16,18H,10H2,1-2H3. The van der Waals surface area contributed by atoms with Crippen LogP contribution in [0.4, 0.5) is 0 Å². The van der Waals surface area contributed by atoms with Gasteiger partial charge in [-0.3, -0.25) is 0 Å². The van der Waals surface area contributed by atoms with E-state index in [0.29, 0.717) is 17.9 Å². The Morgan fingerprint density at radius 1 is 1.05 bits per heavy atom. The van der Waals surface area contributed by atoms with Crippen LogP contribution in [0, 0.1) is 0 Å². The normalized spacial score (nSPS) is 20.3. The lowest BCUT2D eigenvalue weighted by molar-refractivity contribution is 0.0654. The van der Waals surface area contributed by atoms with E-state index in [1.54, 1.807) is 14.2 Å². The third-order valence-electron chi connectivity index (χ3n) is 3.75. The second kappa shape index (κ2) is 5.66. The van der Waals surface area contributed by atoms with Crippen molar-refractivity contribution in [3.63, 3.8) is 0 Å². The molecule has 110 valence electrons. The summed E-state index contributed by atoms with van der Waals surface area (Å²) in [4.78, 5) is 0. The van der Waals surface area contributed by atoms with Gasteiger partial charge >= 0.3 is 0 Å². The van der Waals surface area contributed by atoms with Gasteiger partial charge in [0.15, 0.2) is 0 Å². The SMILES string of the molecule is COc1cccc(C2CC(O)c3ccc(OC)cc3O2)c1. The van der Waals surface area contributed by atoms with Crippen molar-refractivity contribution < 1.29 is 19.3 Å². The van der Waals surface area contributed by atoms with E-state index in [0.717, 1.165) is 16.9 Å². The summed E-state index contributed by atoms with van der Waals surface area (Å²) in [6.45, 7) is 0. The van der Waals surface area contributed by atoms with Gasteiger partial charge in [0.25, 0.3) is 0 Å². The van der Waals surface area contributed by atoms with Crippen LogP contribution in [0.25, 0.3) is 0 Å². The molecular weight excluding hydrogens is 268 g/mol. The molecule has 4 heteroatoms. The van der Waals surface area contributed by atoms with Crippen LogP contribution in [0.5, 0.6) is 17.2 Å². The summed E-state index contributed by atoms with van der Waals surface area (Å²) < 4.78 is 16.5. The van der Waals surface area contributed by atoms with E-state index in [4.69, 9.17) is 14.2 Å². The number of hydrogen-bond acceptors (Lipinski definition) is 4. The first-order valence-corrected chi connectivity index (χ1v) is 6.88. The van der Waals surface area contributed by atoms with Crippen LogP contribution in [0.1, 0.15) is 29.8 Å². The zero-order chi connectivity index (χ0) is 14.8. The zero-order valence-corrected chi connectivity index (χ0v) is 12.1. The summed E-state index contributed by atoms with van der Waals surface area (Å²) in [6.07, 6.45) is -0.225. The molecule has 1 aliphatic heterocycles. The fraction of sp³-hybridized carbons (Fsp3) is 0.294. The van der Waals surface area contributed by atoms with Crippen molar-refractivity contribution in [2.45, 2.75) is 18.6 Å². The smallest absolute Gasteiger partial charge is 0.129 e. The van der Waals surface area contributed by atoms with Gasteiger partial charge < -0.3 is 19.3 Å². The maximum Gasteiger partial charge on any atom is 0.129 e. The molecule has 3 rings (SSSR count). The van der Waals surface area contributed by atoms with E-state index < -0.39 is 6.10 Å². The van der Waals surface area contributed by atoms with Crippen LogP contribution in [-0.4, -0.2) is 19.3 Å². The quantitative estimate of drug-likeness (QED) is 0.941. The Morgan fingerprint density at radius 3 is 2.57 bits per heavy atom. The molecule has 0 spiro atoms. The number of ether oxygens (including phenoxy) is 3. The van der Waals surface area contributed by atoms with Gasteiger partial charge in [0, 0.05) is 18.1 Å². The first-order valence-electron chi connectivity index (χ1n) is 6.88. The Labute approximate surface area is 123 Å². The van der Waals surface area contributed by atoms with Crippen LogP contribution in [0.2, 0.25) is 0 Å². The first-order chi connectivity index (χ1) is 10.2. The van der Waals surface area contributed by atoms with Crippen molar-refractivity contribution in [2.75, 3.05) is 14.2 Å². The maximum atomic E-state index is 10.3. The first kappa shape index (κ1) is 13.8. The molecule has 0 bridgehead atoms. The van der Waals surface area contributed by atoms with E-state index in [2.05, 4.69) is 0 Å². The Morgan fingerprint density at radius 2 is 1.81 bits per heavy atom. The molecule has 1 aliphatic rings. The van der Waals surface area contributed by atoms with E-state index in [1.807, 2.05) is 42.5 Å². The summed E-state index contributed by atoms with van der Waals surface area (Å²) in [5.41, 5.74) is 1.79. The maximum absolute atomic E-state index is 10.3. The zero-order valence-electron chi connectivity index (χ0n) is 12.1. The molecular formula is C17H18O4. The Bertz CT molecular complexity index is 638. The third kappa shape index (κ3) is 2.67. The summed E-state index contributed by atoms with van der Waals surface area (Å²) in [6, 6.07) is 13.2. The van der Waals surface area contributed by atoms with Gasteiger partial charge in [0.1, 0.15) is 23.4 Å². The van der Waals surface area contributed by atoms with Gasteiger partial charge in [-0.2, -0.15) is 0 Å². The molecule has 1 heterocycles. The summed E-state index contributed by atoms with van der Waals surface area (Å²) in [5, 5.41) is 10.3. The number of aliphatic hydroxyl groups is 1. The van der Waals surface area contributed by atoms with Gasteiger partial charge in [-0.25, -0.2) is 0 Å². The molecule has 0 saturated heterocycles. The lowest BCUT2D eigenvalue weighted by atomic mass is 9.95. The fourth-order valence-electron chi connectivity index (χ4n) is 2.60. The lowest BCUT2D eigenvalue weighted by Gasteiger charge is -2.30. The second-order valence-corrected chi connectivity index (χ2v) is 5.04. The van der Waals surface area contributed by atoms with Crippen molar-refractivity contribution >= 4 is 0 Å². The van der Waals surface area contributed by atoms with Crippen LogP contribution >= 0.6 is 0 Å². The van der Waals surface area contributed by atoms with Crippen molar-refractivity contribution in [1.29, 1.82) is 0 Å². The molecule has 2 aromatic carbocycles. The molecule has 0 amide bonds. The Kier molecular flexibility index (Phi) is 3.71. The van der Waals surface area contributed by atoms with Crippen molar-refractivity contribution in [2.24, 2.45) is 0 Å². The minimum Gasteiger partial charge on any atom is -0.497 e. The van der Waals surface area contributed by atoms with Gasteiger partial charge in [-0.05, 0) is 29.8 Å². The fourth-order valence-corrected chi connectivity index (χ4v) is 2.60. The van der Waals surface area contributed by atoms with E-state index in [-0.39, 0.29) is 6.10 Å². The number of fused-ring (bicyclic) bond motifs is 1. The minimum absolute atomic E-state index is 0.199. The van der Waals surface area contributed by atoms with Crippen molar-refractivity contribution in [1.82, 2.24) is 0 Å². The highest BCUT2D eigenvalue weighted by Gasteiger charge is 2.28. The average Bonchev–Trinajstić information content (AvgIpc) is 2.54. The highest BCUT2D eigenvalue weighted by Crippen LogP contribution is 2.42. The number of benzene rings is 2. The molecule has 2 unspecified atom stereocenters. The molecule has 0 fully saturated rings. The Balaban J connectivity index is 1.92. The van der Waals surface area contributed by atoms with Gasteiger partial charge in [-0.15, -0.1) is 0 Å². The topological polar surface area (TPSA) is 47.9 Å². The molecule has 4 nitrogen and oxygen atoms in total. The summed E-state index contributed by atoms with van der Waals surface area (Å²) in [5.74, 6) is 2.16. The van der Waals surface area contributed by atoms with Gasteiger partial charge in [0.05, 0.1) is 20.3 Å². The molecule has 2 aromatic rings. The lowest BCUT2D eigenvalue weighted by Crippen LogP contribution is -2.19. The number of aliphatic hydroxyl groups excluding tert-OH is 1. The van der Waals surface area contributed by atoms with Gasteiger partial charge in [-0.1, -0.05) is 12.1 Å². The monoisotopic (exact) mass is 286 g/mol. The molecule has 2 atom stereocenters. The number of rotatable bonds is 3. The predicted molar refractivity (Wildman–Crippen MR) is 78.9 cm³/mol. The predicted octanol–water partition coefficient (Wildman–Crippen LogP) is 3.26. The third-order valence-corrected chi connectivity index (χ3v) is 3.75. The van der Waals surface area contributed by atoms with E-state index in [1.165, 1.54) is 0 Å². The van der Waals surface area contributed by atoms with Gasteiger partial charge in [0.2, 0.25) is 0 Å². The minimum atomic E-state index is -0.546. The molecule has 0 radical (unpaired) electrons. The highest BCUT2D eigenvalue weighted by atomic mass is 16.5. The van der Waals surface area contributed by atoms with Crippen LogP contribution < -0.4 is 14.2 Å². The molecule has 0 aromatic heterocycles. The number of methoxy groups -OCH3 is 2. The Hall–Kier alpha value is -2.20. The van der Waals surface area contributed by atoms with Crippen LogP contribution in [0.15, 0.2) is 42.5 Å². The van der Waals surface area contributed by atoms with Crippen molar-refractivity contribution in [3.8, 4) is 17.2 Å². The number of hydrogen-bond donors (Lipinski definition) is 1. The molecule has 0 aliphatic carbocycles. The van der Waals surface area contributed by atoms with Crippen LogP contribution in [0.3, 0.4) is 0 Å². The van der Waals surface area contributed by atoms with Crippen molar-refractivity contribution in [3.05, 3.63) is 53.6 Å². The summed E-state index contributed by atoms with van der Waals surface area (Å²) >= 11 is 0. The molecule has 1 N–H and O–H groups in total. The summed E-state index contributed by atoms with van der Waals surface area (Å²) in [7, 11) is 3.25. The van der Waals surface area contributed by atoms with Crippen LogP contribution in [-0.2, 0) is 0 Å².